The zero-order chi connectivity index (χ0) is 33.0. The van der Waals surface area contributed by atoms with Crippen molar-refractivity contribution >= 4 is 43.6 Å². The van der Waals surface area contributed by atoms with Crippen LogP contribution in [0.1, 0.15) is 0 Å². The van der Waals surface area contributed by atoms with E-state index in [1.54, 1.807) is 12.4 Å². The number of aromatic nitrogens is 5. The second-order valence-electron chi connectivity index (χ2n) is 12.5. The molecule has 0 saturated heterocycles. The molecular weight excluding hydrogens is 611 g/mol. The van der Waals surface area contributed by atoms with Gasteiger partial charge in [0.1, 0.15) is 5.82 Å². The van der Waals surface area contributed by atoms with E-state index in [0.29, 0.717) is 5.82 Å². The van der Waals surface area contributed by atoms with Crippen LogP contribution in [0.15, 0.2) is 176 Å². The minimum atomic E-state index is 0.680. The average Bonchev–Trinajstić information content (AvgIpc) is 3.71. The molecule has 0 atom stereocenters. The fraction of sp³-hybridized carbons (Fsp3) is 0. The van der Waals surface area contributed by atoms with Crippen LogP contribution in [0.4, 0.5) is 0 Å². The van der Waals surface area contributed by atoms with Gasteiger partial charge in [0.25, 0.3) is 0 Å². The van der Waals surface area contributed by atoms with Crippen LogP contribution >= 0.6 is 0 Å². The van der Waals surface area contributed by atoms with Crippen LogP contribution in [0.2, 0.25) is 0 Å². The highest BCUT2D eigenvalue weighted by Gasteiger charge is 2.18. The molecule has 10 aromatic rings. The first kappa shape index (κ1) is 28.2. The maximum absolute atomic E-state index is 5.18. The lowest BCUT2D eigenvalue weighted by molar-refractivity contribution is 1.05. The summed E-state index contributed by atoms with van der Waals surface area (Å²) in [6, 6.07) is 57.8. The molecule has 0 aliphatic rings. The predicted molar refractivity (Wildman–Crippen MR) is 205 cm³/mol. The zero-order valence-corrected chi connectivity index (χ0v) is 27.0. The number of pyridine rings is 1. The highest BCUT2D eigenvalue weighted by atomic mass is 15.1. The summed E-state index contributed by atoms with van der Waals surface area (Å²) in [5, 5.41) is 4.84. The van der Waals surface area contributed by atoms with Gasteiger partial charge in [0.15, 0.2) is 5.82 Å². The molecule has 5 nitrogen and oxygen atoms in total. The third-order valence-corrected chi connectivity index (χ3v) is 9.64. The molecule has 6 aromatic carbocycles. The second-order valence-corrected chi connectivity index (χ2v) is 12.5. The van der Waals surface area contributed by atoms with Crippen molar-refractivity contribution in [2.75, 3.05) is 0 Å². The molecule has 0 amide bonds. The van der Waals surface area contributed by atoms with E-state index >= 15 is 0 Å². The van der Waals surface area contributed by atoms with Crippen molar-refractivity contribution in [1.29, 1.82) is 0 Å². The Balaban J connectivity index is 1.18. The highest BCUT2D eigenvalue weighted by Crippen LogP contribution is 2.38. The van der Waals surface area contributed by atoms with E-state index in [9.17, 15) is 0 Å². The summed E-state index contributed by atoms with van der Waals surface area (Å²) in [6.45, 7) is 0. The van der Waals surface area contributed by atoms with Gasteiger partial charge in [-0.05, 0) is 65.7 Å². The molecule has 0 N–H and O–H groups in total. The molecule has 4 heterocycles. The molecule has 50 heavy (non-hydrogen) atoms. The van der Waals surface area contributed by atoms with Gasteiger partial charge < -0.3 is 4.57 Å². The van der Waals surface area contributed by atoms with Crippen molar-refractivity contribution in [3.63, 3.8) is 0 Å². The molecule has 0 spiro atoms. The van der Waals surface area contributed by atoms with Crippen molar-refractivity contribution in [2.24, 2.45) is 0 Å². The van der Waals surface area contributed by atoms with E-state index in [4.69, 9.17) is 9.97 Å². The Kier molecular flexibility index (Phi) is 6.42. The van der Waals surface area contributed by atoms with Crippen molar-refractivity contribution in [3.05, 3.63) is 176 Å². The van der Waals surface area contributed by atoms with E-state index in [1.165, 1.54) is 38.1 Å². The minimum absolute atomic E-state index is 0.680. The Morgan fingerprint density at radius 1 is 0.360 bits per heavy atom. The topological polar surface area (TPSA) is 48.5 Å². The molecule has 4 aromatic heterocycles. The number of para-hydroxylation sites is 3. The van der Waals surface area contributed by atoms with Gasteiger partial charge in [-0.1, -0.05) is 103 Å². The quantitative estimate of drug-likeness (QED) is 0.188. The Morgan fingerprint density at radius 3 is 1.74 bits per heavy atom. The standard InChI is InChI=1S/C45H29N5/c1-3-11-31(12-4-1)45-47-39(30-23-25-46-26-24-30)29-44(48-45)50-41-18-10-8-16-36(41)38-27-32(20-22-42(38)50)33-19-21-37-35-15-7-9-17-40(35)49(43(37)28-33)34-13-5-2-6-14-34/h1-29H. The summed E-state index contributed by atoms with van der Waals surface area (Å²) in [5.74, 6) is 1.50. The Bertz CT molecular complexity index is 2800. The van der Waals surface area contributed by atoms with Gasteiger partial charge in [0, 0.05) is 56.8 Å². The first-order valence-electron chi connectivity index (χ1n) is 16.8. The number of fused-ring (bicyclic) bond motifs is 6. The van der Waals surface area contributed by atoms with E-state index in [2.05, 4.69) is 148 Å². The molecule has 0 bridgehead atoms. The van der Waals surface area contributed by atoms with Gasteiger partial charge in [-0.15, -0.1) is 0 Å². The van der Waals surface area contributed by atoms with E-state index in [0.717, 1.165) is 44.9 Å². The van der Waals surface area contributed by atoms with Crippen LogP contribution in [-0.2, 0) is 0 Å². The zero-order valence-electron chi connectivity index (χ0n) is 27.0. The van der Waals surface area contributed by atoms with Crippen LogP contribution in [0.25, 0.3) is 88.9 Å². The van der Waals surface area contributed by atoms with Gasteiger partial charge in [-0.25, -0.2) is 9.97 Å². The Labute approximate surface area is 288 Å². The molecule has 5 heteroatoms. The normalized spacial score (nSPS) is 11.6. The van der Waals surface area contributed by atoms with Crippen LogP contribution in [0.3, 0.4) is 0 Å². The summed E-state index contributed by atoms with van der Waals surface area (Å²) in [6.07, 6.45) is 3.61. The lowest BCUT2D eigenvalue weighted by Gasteiger charge is -2.12. The molecule has 10 rings (SSSR count). The number of benzene rings is 6. The van der Waals surface area contributed by atoms with E-state index in [1.807, 2.05) is 30.3 Å². The summed E-state index contributed by atoms with van der Waals surface area (Å²) in [5.41, 5.74) is 10.9. The molecule has 0 radical (unpaired) electrons. The molecule has 234 valence electrons. The van der Waals surface area contributed by atoms with Crippen LogP contribution in [-0.4, -0.2) is 24.1 Å². The average molecular weight is 640 g/mol. The van der Waals surface area contributed by atoms with Gasteiger partial charge in [-0.3, -0.25) is 9.55 Å². The number of hydrogen-bond acceptors (Lipinski definition) is 3. The molecular formula is C45H29N5. The van der Waals surface area contributed by atoms with Crippen LogP contribution < -0.4 is 0 Å². The highest BCUT2D eigenvalue weighted by molar-refractivity contribution is 6.12. The predicted octanol–water partition coefficient (Wildman–Crippen LogP) is 11.1. The van der Waals surface area contributed by atoms with Crippen molar-refractivity contribution in [2.45, 2.75) is 0 Å². The first-order chi connectivity index (χ1) is 24.8. The molecule has 0 saturated carbocycles. The summed E-state index contributed by atoms with van der Waals surface area (Å²) >= 11 is 0. The summed E-state index contributed by atoms with van der Waals surface area (Å²) < 4.78 is 4.64. The van der Waals surface area contributed by atoms with Crippen molar-refractivity contribution in [1.82, 2.24) is 24.1 Å². The number of nitrogens with zero attached hydrogens (tertiary/aromatic N) is 5. The van der Waals surface area contributed by atoms with E-state index < -0.39 is 0 Å². The van der Waals surface area contributed by atoms with Crippen LogP contribution in [0, 0.1) is 0 Å². The first-order valence-corrected chi connectivity index (χ1v) is 16.8. The number of rotatable bonds is 5. The molecule has 0 aliphatic carbocycles. The van der Waals surface area contributed by atoms with E-state index in [-0.39, 0.29) is 0 Å². The van der Waals surface area contributed by atoms with Gasteiger partial charge >= 0.3 is 0 Å². The SMILES string of the molecule is c1ccc(-c2nc(-c3ccncc3)cc(-n3c4ccccc4c4cc(-c5ccc6c7ccccc7n(-c7ccccc7)c6c5)ccc43)n2)cc1. The Hall–Kier alpha value is -6.85. The van der Waals surface area contributed by atoms with Crippen molar-refractivity contribution < 1.29 is 0 Å². The maximum Gasteiger partial charge on any atom is 0.162 e. The monoisotopic (exact) mass is 639 g/mol. The minimum Gasteiger partial charge on any atom is -0.309 e. The summed E-state index contributed by atoms with van der Waals surface area (Å²) in [4.78, 5) is 14.4. The molecule has 0 aliphatic heterocycles. The lowest BCUT2D eigenvalue weighted by Crippen LogP contribution is -2.02. The lowest BCUT2D eigenvalue weighted by atomic mass is 10.0. The largest absolute Gasteiger partial charge is 0.309 e. The molecule has 0 unspecified atom stereocenters. The van der Waals surface area contributed by atoms with Gasteiger partial charge in [-0.2, -0.15) is 0 Å². The van der Waals surface area contributed by atoms with Crippen molar-refractivity contribution in [3.8, 4) is 45.3 Å². The van der Waals surface area contributed by atoms with Gasteiger partial charge in [0.05, 0.1) is 27.8 Å². The Morgan fingerprint density at radius 2 is 0.960 bits per heavy atom. The smallest absolute Gasteiger partial charge is 0.162 e. The third-order valence-electron chi connectivity index (χ3n) is 9.64. The second kappa shape index (κ2) is 11.4. The van der Waals surface area contributed by atoms with Crippen LogP contribution in [0.5, 0.6) is 0 Å². The molecule has 0 fully saturated rings. The third kappa shape index (κ3) is 4.52. The fourth-order valence-corrected chi connectivity index (χ4v) is 7.34. The maximum atomic E-state index is 5.18. The fourth-order valence-electron chi connectivity index (χ4n) is 7.34. The van der Waals surface area contributed by atoms with Gasteiger partial charge in [0.2, 0.25) is 0 Å². The number of hydrogen-bond donors (Lipinski definition) is 0. The summed E-state index contributed by atoms with van der Waals surface area (Å²) in [7, 11) is 0.